The van der Waals surface area contributed by atoms with Crippen LogP contribution in [0.15, 0.2) is 4.99 Å². The molecule has 50 valence electrons. The Hall–Kier alpha value is -0.860. The Balaban J connectivity index is 2.57. The molecule has 3 heteroatoms. The van der Waals surface area contributed by atoms with E-state index in [-0.39, 0.29) is 5.91 Å². The summed E-state index contributed by atoms with van der Waals surface area (Å²) < 4.78 is 0. The summed E-state index contributed by atoms with van der Waals surface area (Å²) in [5.41, 5.74) is 0.427. The van der Waals surface area contributed by atoms with Crippen molar-refractivity contribution in [3.8, 4) is 0 Å². The van der Waals surface area contributed by atoms with Crippen LogP contribution in [0, 0.1) is 0 Å². The molecule has 1 aliphatic rings. The first-order valence-electron chi connectivity index (χ1n) is 2.90. The standard InChI is InChI=1S/C6H10N2O/c1-4-6(2,8-4)5(9)7-3/h1-3H3,(H,7,9). The van der Waals surface area contributed by atoms with Crippen molar-refractivity contribution in [1.29, 1.82) is 0 Å². The smallest absolute Gasteiger partial charge is 0.253 e. The Bertz CT molecular complexity index is 185. The highest BCUT2D eigenvalue weighted by Crippen LogP contribution is 2.26. The Morgan fingerprint density at radius 2 is 2.22 bits per heavy atom. The van der Waals surface area contributed by atoms with Crippen molar-refractivity contribution in [3.63, 3.8) is 0 Å². The Morgan fingerprint density at radius 3 is 2.33 bits per heavy atom. The van der Waals surface area contributed by atoms with E-state index < -0.39 is 5.54 Å². The average Bonchev–Trinajstić information content (AvgIpc) is 2.41. The number of carbonyl (C=O) groups excluding carboxylic acids is 1. The summed E-state index contributed by atoms with van der Waals surface area (Å²) >= 11 is 0. The average molecular weight is 126 g/mol. The maximum Gasteiger partial charge on any atom is 0.253 e. The lowest BCUT2D eigenvalue weighted by atomic mass is 10.1. The van der Waals surface area contributed by atoms with Crippen molar-refractivity contribution in [2.75, 3.05) is 7.05 Å². The fourth-order valence-electron chi connectivity index (χ4n) is 0.766. The molecule has 1 aliphatic heterocycles. The topological polar surface area (TPSA) is 41.5 Å². The second kappa shape index (κ2) is 1.56. The number of amides is 1. The third-order valence-corrected chi connectivity index (χ3v) is 1.72. The molecule has 0 saturated carbocycles. The largest absolute Gasteiger partial charge is 0.357 e. The molecule has 1 amide bonds. The number of hydrogen-bond donors (Lipinski definition) is 1. The van der Waals surface area contributed by atoms with E-state index in [0.29, 0.717) is 0 Å². The van der Waals surface area contributed by atoms with Crippen molar-refractivity contribution in [2.45, 2.75) is 19.4 Å². The van der Waals surface area contributed by atoms with Crippen LogP contribution < -0.4 is 5.32 Å². The highest BCUT2D eigenvalue weighted by molar-refractivity contribution is 6.21. The van der Waals surface area contributed by atoms with Crippen molar-refractivity contribution in [3.05, 3.63) is 0 Å². The third kappa shape index (κ3) is 0.724. The van der Waals surface area contributed by atoms with Gasteiger partial charge in [-0.1, -0.05) is 0 Å². The molecule has 1 atom stereocenters. The van der Waals surface area contributed by atoms with E-state index in [1.54, 1.807) is 14.0 Å². The lowest BCUT2D eigenvalue weighted by Crippen LogP contribution is -2.35. The van der Waals surface area contributed by atoms with Crippen molar-refractivity contribution < 1.29 is 4.79 Å². The number of aliphatic imine (C=N–C) groups is 1. The van der Waals surface area contributed by atoms with Crippen LogP contribution in [0.2, 0.25) is 0 Å². The van der Waals surface area contributed by atoms with Gasteiger partial charge in [-0.25, -0.2) is 0 Å². The molecule has 1 heterocycles. The summed E-state index contributed by atoms with van der Waals surface area (Å²) in [6.45, 7) is 3.66. The number of rotatable bonds is 1. The van der Waals surface area contributed by atoms with Gasteiger partial charge in [0.15, 0.2) is 5.54 Å². The SMILES string of the molecule is CNC(=O)C1(C)N=C1C. The van der Waals surface area contributed by atoms with Crippen molar-refractivity contribution in [1.82, 2.24) is 5.32 Å². The van der Waals surface area contributed by atoms with Gasteiger partial charge in [-0.15, -0.1) is 0 Å². The Kier molecular flexibility index (Phi) is 1.08. The van der Waals surface area contributed by atoms with Crippen LogP contribution in [-0.4, -0.2) is 24.2 Å². The summed E-state index contributed by atoms with van der Waals surface area (Å²) in [6.07, 6.45) is 0. The Morgan fingerprint density at radius 1 is 1.78 bits per heavy atom. The maximum atomic E-state index is 10.9. The van der Waals surface area contributed by atoms with Gasteiger partial charge in [-0.3, -0.25) is 9.79 Å². The molecule has 3 nitrogen and oxygen atoms in total. The first-order chi connectivity index (χ1) is 4.11. The molecule has 1 N–H and O–H groups in total. The molecule has 1 unspecified atom stereocenters. The van der Waals surface area contributed by atoms with E-state index in [1.165, 1.54) is 0 Å². The van der Waals surface area contributed by atoms with Crippen LogP contribution in [0.1, 0.15) is 13.8 Å². The second-order valence-electron chi connectivity index (χ2n) is 2.35. The first-order valence-corrected chi connectivity index (χ1v) is 2.90. The molecule has 9 heavy (non-hydrogen) atoms. The minimum atomic E-state index is -0.491. The predicted octanol–water partition coefficient (Wildman–Crippen LogP) is -0.0344. The van der Waals surface area contributed by atoms with Crippen LogP contribution in [-0.2, 0) is 4.79 Å². The maximum absolute atomic E-state index is 10.9. The van der Waals surface area contributed by atoms with Gasteiger partial charge in [0.25, 0.3) is 5.91 Å². The fraction of sp³-hybridized carbons (Fsp3) is 0.667. The van der Waals surface area contributed by atoms with E-state index in [9.17, 15) is 4.79 Å². The Labute approximate surface area is 54.2 Å². The number of nitrogens with one attached hydrogen (secondary N) is 1. The van der Waals surface area contributed by atoms with Gasteiger partial charge in [0, 0.05) is 12.8 Å². The molecule has 0 aromatic rings. The van der Waals surface area contributed by atoms with Crippen LogP contribution in [0.5, 0.6) is 0 Å². The van der Waals surface area contributed by atoms with Crippen LogP contribution in [0.4, 0.5) is 0 Å². The minimum absolute atomic E-state index is 0.0139. The zero-order valence-corrected chi connectivity index (χ0v) is 5.86. The lowest BCUT2D eigenvalue weighted by molar-refractivity contribution is -0.122. The number of carbonyl (C=O) groups is 1. The van der Waals surface area contributed by atoms with Gasteiger partial charge < -0.3 is 5.32 Å². The molecule has 0 aromatic carbocycles. The van der Waals surface area contributed by atoms with Gasteiger partial charge in [-0.05, 0) is 13.8 Å². The van der Waals surface area contributed by atoms with Crippen molar-refractivity contribution in [2.24, 2.45) is 4.99 Å². The van der Waals surface area contributed by atoms with E-state index >= 15 is 0 Å². The third-order valence-electron chi connectivity index (χ3n) is 1.72. The molecular formula is C6H10N2O. The van der Waals surface area contributed by atoms with E-state index in [0.717, 1.165) is 5.71 Å². The van der Waals surface area contributed by atoms with Crippen LogP contribution in [0.3, 0.4) is 0 Å². The zero-order chi connectivity index (χ0) is 7.07. The molecule has 0 radical (unpaired) electrons. The number of hydrogen-bond acceptors (Lipinski definition) is 2. The molecule has 0 fully saturated rings. The highest BCUT2D eigenvalue weighted by Gasteiger charge is 2.45. The van der Waals surface area contributed by atoms with Gasteiger partial charge in [-0.2, -0.15) is 0 Å². The van der Waals surface area contributed by atoms with Crippen molar-refractivity contribution >= 4 is 11.6 Å². The molecule has 0 aliphatic carbocycles. The second-order valence-corrected chi connectivity index (χ2v) is 2.35. The molecular weight excluding hydrogens is 116 g/mol. The summed E-state index contributed by atoms with van der Waals surface area (Å²) in [6, 6.07) is 0. The highest BCUT2D eigenvalue weighted by atomic mass is 16.2. The molecule has 0 saturated heterocycles. The number of likely N-dealkylation sites (N-methyl/N-ethyl adjacent to an activating group) is 1. The van der Waals surface area contributed by atoms with E-state index in [1.807, 2.05) is 6.92 Å². The van der Waals surface area contributed by atoms with Gasteiger partial charge in [0.1, 0.15) is 0 Å². The van der Waals surface area contributed by atoms with Gasteiger partial charge in [0.05, 0.1) is 0 Å². The quantitative estimate of drug-likeness (QED) is 0.526. The zero-order valence-electron chi connectivity index (χ0n) is 5.86. The number of nitrogens with zero attached hydrogens (tertiary/aromatic N) is 1. The summed E-state index contributed by atoms with van der Waals surface area (Å²) in [5, 5.41) is 2.54. The van der Waals surface area contributed by atoms with Crippen LogP contribution >= 0.6 is 0 Å². The minimum Gasteiger partial charge on any atom is -0.357 e. The first kappa shape index (κ1) is 6.26. The summed E-state index contributed by atoms with van der Waals surface area (Å²) in [5.74, 6) is -0.0139. The van der Waals surface area contributed by atoms with Gasteiger partial charge in [0.2, 0.25) is 0 Å². The predicted molar refractivity (Wildman–Crippen MR) is 35.6 cm³/mol. The molecule has 1 rings (SSSR count). The molecule has 0 aromatic heterocycles. The monoisotopic (exact) mass is 126 g/mol. The summed E-state index contributed by atoms with van der Waals surface area (Å²) in [4.78, 5) is 14.8. The summed E-state index contributed by atoms with van der Waals surface area (Å²) in [7, 11) is 1.62. The molecule has 0 spiro atoms. The normalized spacial score (nSPS) is 31.2. The molecule has 0 bridgehead atoms. The van der Waals surface area contributed by atoms with E-state index in [4.69, 9.17) is 0 Å². The van der Waals surface area contributed by atoms with Gasteiger partial charge >= 0.3 is 0 Å². The van der Waals surface area contributed by atoms with E-state index in [2.05, 4.69) is 10.3 Å². The fourth-order valence-corrected chi connectivity index (χ4v) is 0.766. The van der Waals surface area contributed by atoms with Crippen LogP contribution in [0.25, 0.3) is 0 Å². The lowest BCUT2D eigenvalue weighted by Gasteiger charge is -2.03.